The Morgan fingerprint density at radius 1 is 1.23 bits per heavy atom. The first-order valence-corrected chi connectivity index (χ1v) is 6.89. The number of anilines is 1. The van der Waals surface area contributed by atoms with E-state index < -0.39 is 11.7 Å². The van der Waals surface area contributed by atoms with Crippen molar-refractivity contribution in [3.05, 3.63) is 63.9 Å². The van der Waals surface area contributed by atoms with Gasteiger partial charge in [0, 0.05) is 16.3 Å². The van der Waals surface area contributed by atoms with Crippen molar-refractivity contribution in [2.45, 2.75) is 13.3 Å². The molecule has 0 radical (unpaired) electrons. The van der Waals surface area contributed by atoms with Gasteiger partial charge in [0.15, 0.2) is 0 Å². The van der Waals surface area contributed by atoms with Crippen molar-refractivity contribution in [2.75, 3.05) is 5.32 Å². The fourth-order valence-electron chi connectivity index (χ4n) is 1.94. The Morgan fingerprint density at radius 3 is 2.59 bits per heavy atom. The largest absolute Gasteiger partial charge is 0.366 e. The standard InChI is InChI=1S/C16H14ClFN2O2/c1-9-2-3-11(16(19)22)6-14(9)20-15(21)7-10-4-5-12(18)8-13(10)17/h2-6,8H,7H2,1H3,(H2,19,22)(H,20,21). The number of nitrogens with two attached hydrogens (primary N) is 1. The van der Waals surface area contributed by atoms with E-state index in [2.05, 4.69) is 5.32 Å². The van der Waals surface area contributed by atoms with Gasteiger partial charge in [-0.15, -0.1) is 0 Å². The molecule has 0 saturated carbocycles. The SMILES string of the molecule is Cc1ccc(C(N)=O)cc1NC(=O)Cc1ccc(F)cc1Cl. The first kappa shape index (κ1) is 16.0. The van der Waals surface area contributed by atoms with Crippen molar-refractivity contribution in [1.29, 1.82) is 0 Å². The van der Waals surface area contributed by atoms with E-state index in [4.69, 9.17) is 17.3 Å². The summed E-state index contributed by atoms with van der Waals surface area (Å²) < 4.78 is 13.0. The van der Waals surface area contributed by atoms with Crippen molar-refractivity contribution in [2.24, 2.45) is 5.73 Å². The van der Waals surface area contributed by atoms with Crippen molar-refractivity contribution >= 4 is 29.1 Å². The third kappa shape index (κ3) is 3.83. The summed E-state index contributed by atoms with van der Waals surface area (Å²) in [5, 5.41) is 2.89. The number of aryl methyl sites for hydroxylation is 1. The van der Waals surface area contributed by atoms with Gasteiger partial charge in [-0.3, -0.25) is 9.59 Å². The third-order valence-corrected chi connectivity index (χ3v) is 3.51. The molecule has 0 fully saturated rings. The Morgan fingerprint density at radius 2 is 1.95 bits per heavy atom. The van der Waals surface area contributed by atoms with Gasteiger partial charge < -0.3 is 11.1 Å². The summed E-state index contributed by atoms with van der Waals surface area (Å²) in [7, 11) is 0. The Hall–Kier alpha value is -2.40. The van der Waals surface area contributed by atoms with Gasteiger partial charge in [0.05, 0.1) is 6.42 Å². The molecule has 0 atom stereocenters. The van der Waals surface area contributed by atoms with Crippen LogP contribution >= 0.6 is 11.6 Å². The summed E-state index contributed by atoms with van der Waals surface area (Å²) in [6, 6.07) is 8.66. The fraction of sp³-hybridized carbons (Fsp3) is 0.125. The zero-order valence-corrected chi connectivity index (χ0v) is 12.6. The quantitative estimate of drug-likeness (QED) is 0.908. The van der Waals surface area contributed by atoms with Crippen LogP contribution in [0, 0.1) is 12.7 Å². The van der Waals surface area contributed by atoms with Crippen LogP contribution in [-0.2, 0) is 11.2 Å². The Bertz CT molecular complexity index is 747. The highest BCUT2D eigenvalue weighted by Gasteiger charge is 2.11. The summed E-state index contributed by atoms with van der Waals surface area (Å²) in [6.45, 7) is 1.80. The maximum absolute atomic E-state index is 13.0. The molecule has 2 amide bonds. The first-order chi connectivity index (χ1) is 10.4. The number of rotatable bonds is 4. The molecule has 4 nitrogen and oxygen atoms in total. The highest BCUT2D eigenvalue weighted by atomic mass is 35.5. The van der Waals surface area contributed by atoms with E-state index in [9.17, 15) is 14.0 Å². The van der Waals surface area contributed by atoms with Gasteiger partial charge in [-0.05, 0) is 42.3 Å². The molecular formula is C16H14ClFN2O2. The molecule has 0 bridgehead atoms. The molecule has 0 spiro atoms. The van der Waals surface area contributed by atoms with Gasteiger partial charge in [-0.2, -0.15) is 0 Å². The molecule has 0 heterocycles. The topological polar surface area (TPSA) is 72.2 Å². The van der Waals surface area contributed by atoms with E-state index in [0.717, 1.165) is 11.6 Å². The molecule has 0 aliphatic rings. The highest BCUT2D eigenvalue weighted by molar-refractivity contribution is 6.31. The minimum absolute atomic E-state index is 0.000642. The average Bonchev–Trinajstić information content (AvgIpc) is 2.44. The number of carbonyl (C=O) groups is 2. The minimum atomic E-state index is -0.572. The summed E-state index contributed by atoms with van der Waals surface area (Å²) in [6.07, 6.45) is -0.000642. The molecule has 2 aromatic carbocycles. The molecule has 2 rings (SSSR count). The number of hydrogen-bond donors (Lipinski definition) is 2. The monoisotopic (exact) mass is 320 g/mol. The van der Waals surface area contributed by atoms with Crippen LogP contribution in [0.3, 0.4) is 0 Å². The first-order valence-electron chi connectivity index (χ1n) is 6.51. The van der Waals surface area contributed by atoms with E-state index in [1.807, 2.05) is 0 Å². The lowest BCUT2D eigenvalue weighted by atomic mass is 10.1. The number of nitrogens with one attached hydrogen (secondary N) is 1. The van der Waals surface area contributed by atoms with Gasteiger partial charge in [0.1, 0.15) is 5.82 Å². The van der Waals surface area contributed by atoms with Gasteiger partial charge in [0.2, 0.25) is 11.8 Å². The van der Waals surface area contributed by atoms with E-state index in [0.29, 0.717) is 16.8 Å². The average molecular weight is 321 g/mol. The molecule has 0 saturated heterocycles. The summed E-state index contributed by atoms with van der Waals surface area (Å²) in [4.78, 5) is 23.2. The summed E-state index contributed by atoms with van der Waals surface area (Å²) in [5.41, 5.74) is 7.34. The van der Waals surface area contributed by atoms with Crippen molar-refractivity contribution in [3.8, 4) is 0 Å². The van der Waals surface area contributed by atoms with Gasteiger partial charge in [-0.1, -0.05) is 23.7 Å². The highest BCUT2D eigenvalue weighted by Crippen LogP contribution is 2.20. The summed E-state index contributed by atoms with van der Waals surface area (Å²) >= 11 is 5.89. The Kier molecular flexibility index (Phi) is 4.78. The smallest absolute Gasteiger partial charge is 0.248 e. The van der Waals surface area contributed by atoms with Crippen molar-refractivity contribution in [1.82, 2.24) is 0 Å². The minimum Gasteiger partial charge on any atom is -0.366 e. The van der Waals surface area contributed by atoms with Crippen LogP contribution in [0.4, 0.5) is 10.1 Å². The predicted octanol–water partition coefficient (Wildman–Crippen LogP) is 3.07. The molecule has 6 heteroatoms. The second-order valence-electron chi connectivity index (χ2n) is 4.85. The zero-order valence-electron chi connectivity index (χ0n) is 11.8. The maximum atomic E-state index is 13.0. The lowest BCUT2D eigenvalue weighted by Crippen LogP contribution is -2.17. The molecule has 0 unspecified atom stereocenters. The number of primary amides is 1. The van der Waals surface area contributed by atoms with Crippen molar-refractivity contribution < 1.29 is 14.0 Å². The predicted molar refractivity (Wildman–Crippen MR) is 83.4 cm³/mol. The molecular weight excluding hydrogens is 307 g/mol. The third-order valence-electron chi connectivity index (χ3n) is 3.16. The number of carbonyl (C=O) groups excluding carboxylic acids is 2. The molecule has 0 aliphatic carbocycles. The van der Waals surface area contributed by atoms with E-state index in [1.54, 1.807) is 19.1 Å². The molecule has 2 aromatic rings. The Labute approximate surface area is 132 Å². The van der Waals surface area contributed by atoms with E-state index >= 15 is 0 Å². The number of halogens is 2. The van der Waals surface area contributed by atoms with Crippen LogP contribution < -0.4 is 11.1 Å². The van der Waals surface area contributed by atoms with Gasteiger partial charge in [-0.25, -0.2) is 4.39 Å². The summed E-state index contributed by atoms with van der Waals surface area (Å²) in [5.74, 6) is -1.35. The normalized spacial score (nSPS) is 10.3. The second kappa shape index (κ2) is 6.58. The van der Waals surface area contributed by atoms with Crippen LogP contribution in [0.2, 0.25) is 5.02 Å². The van der Waals surface area contributed by atoms with E-state index in [1.165, 1.54) is 18.2 Å². The van der Waals surface area contributed by atoms with Crippen LogP contribution in [0.5, 0.6) is 0 Å². The molecule has 0 aromatic heterocycles. The lowest BCUT2D eigenvalue weighted by Gasteiger charge is -2.10. The van der Waals surface area contributed by atoms with Gasteiger partial charge in [0.25, 0.3) is 0 Å². The molecule has 0 aliphatic heterocycles. The molecule has 22 heavy (non-hydrogen) atoms. The fourth-order valence-corrected chi connectivity index (χ4v) is 2.18. The van der Waals surface area contributed by atoms with Crippen molar-refractivity contribution in [3.63, 3.8) is 0 Å². The zero-order chi connectivity index (χ0) is 16.3. The van der Waals surface area contributed by atoms with Crippen LogP contribution in [0.1, 0.15) is 21.5 Å². The molecule has 114 valence electrons. The second-order valence-corrected chi connectivity index (χ2v) is 5.26. The number of hydrogen-bond acceptors (Lipinski definition) is 2. The van der Waals surface area contributed by atoms with Crippen LogP contribution in [-0.4, -0.2) is 11.8 Å². The van der Waals surface area contributed by atoms with Crippen LogP contribution in [0.25, 0.3) is 0 Å². The number of amides is 2. The maximum Gasteiger partial charge on any atom is 0.248 e. The lowest BCUT2D eigenvalue weighted by molar-refractivity contribution is -0.115. The molecule has 3 N–H and O–H groups in total. The van der Waals surface area contributed by atoms with Crippen LogP contribution in [0.15, 0.2) is 36.4 Å². The number of benzene rings is 2. The Balaban J connectivity index is 2.15. The van der Waals surface area contributed by atoms with E-state index in [-0.39, 0.29) is 17.4 Å². The van der Waals surface area contributed by atoms with Gasteiger partial charge >= 0.3 is 0 Å².